The van der Waals surface area contributed by atoms with E-state index in [1.54, 1.807) is 0 Å². The standard InChI is InChI=1S/C15H21NO2/c1-4-18-15(17)14(16-12-7-8-12)13-9-10(2)5-6-11(13)3/h5-6,9,12,14,16H,4,7-8H2,1-3H3. The maximum absolute atomic E-state index is 12.1. The lowest BCUT2D eigenvalue weighted by molar-refractivity contribution is -0.145. The van der Waals surface area contributed by atoms with Crippen LogP contribution in [0.3, 0.4) is 0 Å². The lowest BCUT2D eigenvalue weighted by Crippen LogP contribution is -2.32. The molecule has 0 spiro atoms. The molecular formula is C15H21NO2. The first-order valence-electron chi connectivity index (χ1n) is 6.61. The van der Waals surface area contributed by atoms with Gasteiger partial charge in [0.15, 0.2) is 0 Å². The number of aryl methyl sites for hydroxylation is 2. The van der Waals surface area contributed by atoms with Crippen LogP contribution in [0.1, 0.15) is 42.5 Å². The SMILES string of the molecule is CCOC(=O)C(NC1CC1)c1cc(C)ccc1C. The minimum atomic E-state index is -0.322. The Balaban J connectivity index is 2.25. The minimum absolute atomic E-state index is 0.168. The molecule has 1 fully saturated rings. The Bertz CT molecular complexity index is 438. The van der Waals surface area contributed by atoms with E-state index in [2.05, 4.69) is 23.5 Å². The quantitative estimate of drug-likeness (QED) is 0.813. The van der Waals surface area contributed by atoms with Gasteiger partial charge in [-0.1, -0.05) is 23.8 Å². The highest BCUT2D eigenvalue weighted by atomic mass is 16.5. The monoisotopic (exact) mass is 247 g/mol. The molecule has 1 N–H and O–H groups in total. The number of hydrogen-bond acceptors (Lipinski definition) is 3. The summed E-state index contributed by atoms with van der Waals surface area (Å²) in [7, 11) is 0. The third-order valence-corrected chi connectivity index (χ3v) is 3.25. The predicted octanol–water partition coefficient (Wildman–Crippen LogP) is 2.66. The summed E-state index contributed by atoms with van der Waals surface area (Å²) in [6.45, 7) is 6.35. The van der Waals surface area contributed by atoms with E-state index in [0.717, 1.165) is 24.0 Å². The van der Waals surface area contributed by atoms with Crippen LogP contribution in [-0.4, -0.2) is 18.6 Å². The van der Waals surface area contributed by atoms with E-state index < -0.39 is 0 Å². The molecule has 98 valence electrons. The summed E-state index contributed by atoms with van der Waals surface area (Å²) in [5.74, 6) is -0.168. The molecule has 0 heterocycles. The van der Waals surface area contributed by atoms with E-state index in [1.165, 1.54) is 5.56 Å². The Morgan fingerprint density at radius 1 is 1.44 bits per heavy atom. The normalized spacial score (nSPS) is 16.4. The largest absolute Gasteiger partial charge is 0.465 e. The van der Waals surface area contributed by atoms with Crippen LogP contribution in [0.4, 0.5) is 0 Å². The maximum atomic E-state index is 12.1. The van der Waals surface area contributed by atoms with Gasteiger partial charge in [-0.15, -0.1) is 0 Å². The van der Waals surface area contributed by atoms with Crippen molar-refractivity contribution in [3.8, 4) is 0 Å². The van der Waals surface area contributed by atoms with Gasteiger partial charge in [0.25, 0.3) is 0 Å². The van der Waals surface area contributed by atoms with E-state index in [4.69, 9.17) is 4.74 Å². The number of carbonyl (C=O) groups excluding carboxylic acids is 1. The number of nitrogens with one attached hydrogen (secondary N) is 1. The van der Waals surface area contributed by atoms with Gasteiger partial charge in [0.05, 0.1) is 6.61 Å². The summed E-state index contributed by atoms with van der Waals surface area (Å²) in [6.07, 6.45) is 2.31. The van der Waals surface area contributed by atoms with Crippen molar-refractivity contribution >= 4 is 5.97 Å². The van der Waals surface area contributed by atoms with Crippen molar-refractivity contribution in [1.82, 2.24) is 5.32 Å². The summed E-state index contributed by atoms with van der Waals surface area (Å²) in [6, 6.07) is 6.35. The second-order valence-corrected chi connectivity index (χ2v) is 4.99. The van der Waals surface area contributed by atoms with Crippen molar-refractivity contribution in [3.63, 3.8) is 0 Å². The molecule has 3 nitrogen and oxygen atoms in total. The van der Waals surface area contributed by atoms with Crippen molar-refractivity contribution in [2.24, 2.45) is 0 Å². The van der Waals surface area contributed by atoms with Gasteiger partial charge in [-0.3, -0.25) is 5.32 Å². The van der Waals surface area contributed by atoms with Gasteiger partial charge in [0, 0.05) is 6.04 Å². The zero-order valence-electron chi connectivity index (χ0n) is 11.3. The number of benzene rings is 1. The molecule has 1 aliphatic carbocycles. The fourth-order valence-corrected chi connectivity index (χ4v) is 2.07. The van der Waals surface area contributed by atoms with E-state index >= 15 is 0 Å². The predicted molar refractivity (Wildman–Crippen MR) is 71.4 cm³/mol. The van der Waals surface area contributed by atoms with Crippen molar-refractivity contribution in [2.45, 2.75) is 45.7 Å². The van der Waals surface area contributed by atoms with E-state index in [-0.39, 0.29) is 12.0 Å². The highest BCUT2D eigenvalue weighted by Gasteiger charge is 2.31. The molecule has 1 atom stereocenters. The van der Waals surface area contributed by atoms with Gasteiger partial charge in [0.2, 0.25) is 0 Å². The number of rotatable bonds is 5. The van der Waals surface area contributed by atoms with Crippen molar-refractivity contribution in [3.05, 3.63) is 34.9 Å². The van der Waals surface area contributed by atoms with Gasteiger partial charge in [0.1, 0.15) is 6.04 Å². The van der Waals surface area contributed by atoms with Gasteiger partial charge >= 0.3 is 5.97 Å². The number of hydrogen-bond donors (Lipinski definition) is 1. The molecule has 0 saturated heterocycles. The first kappa shape index (κ1) is 13.1. The molecule has 0 aromatic heterocycles. The fourth-order valence-electron chi connectivity index (χ4n) is 2.07. The third kappa shape index (κ3) is 3.10. The van der Waals surface area contributed by atoms with Gasteiger partial charge < -0.3 is 4.74 Å². The molecule has 3 heteroatoms. The van der Waals surface area contributed by atoms with E-state index in [0.29, 0.717) is 12.6 Å². The van der Waals surface area contributed by atoms with Crippen LogP contribution in [0.5, 0.6) is 0 Å². The minimum Gasteiger partial charge on any atom is -0.465 e. The van der Waals surface area contributed by atoms with Crippen LogP contribution in [0.25, 0.3) is 0 Å². The molecule has 0 aliphatic heterocycles. The summed E-state index contributed by atoms with van der Waals surface area (Å²) < 4.78 is 5.18. The van der Waals surface area contributed by atoms with Gasteiger partial charge in [-0.2, -0.15) is 0 Å². The number of esters is 1. The summed E-state index contributed by atoms with van der Waals surface area (Å²) in [5, 5.41) is 3.39. The molecule has 1 saturated carbocycles. The summed E-state index contributed by atoms with van der Waals surface area (Å²) in [5.41, 5.74) is 3.34. The second kappa shape index (κ2) is 5.53. The van der Waals surface area contributed by atoms with Crippen molar-refractivity contribution < 1.29 is 9.53 Å². The topological polar surface area (TPSA) is 38.3 Å². The highest BCUT2D eigenvalue weighted by molar-refractivity contribution is 5.78. The van der Waals surface area contributed by atoms with Crippen LogP contribution in [0, 0.1) is 13.8 Å². The summed E-state index contributed by atoms with van der Waals surface area (Å²) >= 11 is 0. The molecule has 1 aromatic carbocycles. The zero-order valence-corrected chi connectivity index (χ0v) is 11.3. The number of carbonyl (C=O) groups is 1. The Hall–Kier alpha value is -1.35. The average molecular weight is 247 g/mol. The molecule has 1 aliphatic rings. The van der Waals surface area contributed by atoms with Crippen molar-refractivity contribution in [2.75, 3.05) is 6.61 Å². The number of ether oxygens (including phenoxy) is 1. The lowest BCUT2D eigenvalue weighted by atomic mass is 9.99. The molecule has 0 radical (unpaired) electrons. The van der Waals surface area contributed by atoms with Crippen LogP contribution >= 0.6 is 0 Å². The van der Waals surface area contributed by atoms with Gasteiger partial charge in [-0.05, 0) is 44.7 Å². The first-order chi connectivity index (χ1) is 8.61. The highest BCUT2D eigenvalue weighted by Crippen LogP contribution is 2.27. The van der Waals surface area contributed by atoms with Crippen LogP contribution in [0.2, 0.25) is 0 Å². The van der Waals surface area contributed by atoms with Crippen LogP contribution < -0.4 is 5.32 Å². The molecule has 1 aromatic rings. The Morgan fingerprint density at radius 2 is 2.17 bits per heavy atom. The Labute approximate surface area is 109 Å². The molecule has 0 bridgehead atoms. The first-order valence-corrected chi connectivity index (χ1v) is 6.61. The second-order valence-electron chi connectivity index (χ2n) is 4.99. The Kier molecular flexibility index (Phi) is 4.02. The Morgan fingerprint density at radius 3 is 2.78 bits per heavy atom. The maximum Gasteiger partial charge on any atom is 0.327 e. The van der Waals surface area contributed by atoms with Crippen molar-refractivity contribution in [1.29, 1.82) is 0 Å². The molecular weight excluding hydrogens is 226 g/mol. The summed E-state index contributed by atoms with van der Waals surface area (Å²) in [4.78, 5) is 12.1. The van der Waals surface area contributed by atoms with Gasteiger partial charge in [-0.25, -0.2) is 4.79 Å². The van der Waals surface area contributed by atoms with Crippen LogP contribution in [0.15, 0.2) is 18.2 Å². The molecule has 2 rings (SSSR count). The lowest BCUT2D eigenvalue weighted by Gasteiger charge is -2.19. The molecule has 1 unspecified atom stereocenters. The van der Waals surface area contributed by atoms with E-state index in [1.807, 2.05) is 20.8 Å². The fraction of sp³-hybridized carbons (Fsp3) is 0.533. The molecule has 18 heavy (non-hydrogen) atoms. The van der Waals surface area contributed by atoms with E-state index in [9.17, 15) is 4.79 Å². The average Bonchev–Trinajstić information content (AvgIpc) is 3.14. The third-order valence-electron chi connectivity index (χ3n) is 3.25. The van der Waals surface area contributed by atoms with Crippen LogP contribution in [-0.2, 0) is 9.53 Å². The zero-order chi connectivity index (χ0) is 13.1. The smallest absolute Gasteiger partial charge is 0.327 e. The molecule has 0 amide bonds.